The van der Waals surface area contributed by atoms with Crippen molar-refractivity contribution < 1.29 is 9.53 Å². The van der Waals surface area contributed by atoms with Crippen LogP contribution in [0.4, 0.5) is 0 Å². The molecule has 2 atom stereocenters. The van der Waals surface area contributed by atoms with E-state index in [1.165, 1.54) is 0 Å². The van der Waals surface area contributed by atoms with E-state index < -0.39 is 5.41 Å². The Labute approximate surface area is 97.8 Å². The normalized spacial score (nSPS) is 30.8. The minimum Gasteiger partial charge on any atom is -0.382 e. The lowest BCUT2D eigenvalue weighted by atomic mass is 9.61. The van der Waals surface area contributed by atoms with Gasteiger partial charge in [-0.25, -0.2) is 0 Å². The number of methoxy groups -OCH3 is 1. The Balaban J connectivity index is 2.95. The summed E-state index contributed by atoms with van der Waals surface area (Å²) in [4.78, 5) is 12.4. The second-order valence-corrected chi connectivity index (χ2v) is 5.51. The lowest BCUT2D eigenvalue weighted by molar-refractivity contribution is -0.140. The molecule has 0 saturated heterocycles. The van der Waals surface area contributed by atoms with Crippen LogP contribution in [0.15, 0.2) is 0 Å². The van der Waals surface area contributed by atoms with Crippen LogP contribution in [0.5, 0.6) is 0 Å². The topological polar surface area (TPSA) is 50.1 Å². The maximum atomic E-state index is 12.4. The van der Waals surface area contributed by atoms with E-state index in [1.807, 2.05) is 20.8 Å². The van der Waals surface area contributed by atoms with Gasteiger partial charge in [0.05, 0.1) is 12.2 Å². The molecule has 3 heteroatoms. The molecule has 0 N–H and O–H groups in total. The number of carbonyl (C=O) groups is 1. The van der Waals surface area contributed by atoms with Gasteiger partial charge >= 0.3 is 0 Å². The highest BCUT2D eigenvalue weighted by Gasteiger charge is 2.49. The first kappa shape index (κ1) is 13.2. The van der Waals surface area contributed by atoms with Gasteiger partial charge < -0.3 is 4.74 Å². The predicted molar refractivity (Wildman–Crippen MR) is 61.8 cm³/mol. The molecule has 0 heterocycles. The van der Waals surface area contributed by atoms with Crippen molar-refractivity contribution in [2.75, 3.05) is 7.11 Å². The molecule has 1 saturated carbocycles. The second-order valence-electron chi connectivity index (χ2n) is 5.51. The maximum absolute atomic E-state index is 12.4. The van der Waals surface area contributed by atoms with Crippen LogP contribution < -0.4 is 0 Å². The minimum atomic E-state index is -0.822. The number of nitriles is 1. The average Bonchev–Trinajstić information content (AvgIpc) is 2.24. The highest BCUT2D eigenvalue weighted by atomic mass is 16.5. The van der Waals surface area contributed by atoms with E-state index in [4.69, 9.17) is 4.74 Å². The van der Waals surface area contributed by atoms with Gasteiger partial charge in [0.1, 0.15) is 5.41 Å². The van der Waals surface area contributed by atoms with Crippen LogP contribution in [0.3, 0.4) is 0 Å². The van der Waals surface area contributed by atoms with E-state index in [0.29, 0.717) is 12.8 Å². The van der Waals surface area contributed by atoms with Crippen molar-refractivity contribution >= 4 is 5.78 Å². The number of hydrogen-bond donors (Lipinski definition) is 0. The molecule has 0 aliphatic heterocycles. The minimum absolute atomic E-state index is 0.0440. The molecule has 0 bridgehead atoms. The number of ketones is 1. The predicted octanol–water partition coefficient (Wildman–Crippen LogP) is 2.70. The van der Waals surface area contributed by atoms with Crippen LogP contribution >= 0.6 is 0 Å². The van der Waals surface area contributed by atoms with Crippen molar-refractivity contribution in [3.63, 3.8) is 0 Å². The first-order chi connectivity index (χ1) is 7.38. The van der Waals surface area contributed by atoms with E-state index >= 15 is 0 Å². The quantitative estimate of drug-likeness (QED) is 0.739. The Morgan fingerprint density at radius 2 is 2.12 bits per heavy atom. The Morgan fingerprint density at radius 3 is 2.62 bits per heavy atom. The summed E-state index contributed by atoms with van der Waals surface area (Å²) >= 11 is 0. The van der Waals surface area contributed by atoms with Gasteiger partial charge in [-0.2, -0.15) is 5.26 Å². The van der Waals surface area contributed by atoms with Gasteiger partial charge in [0.2, 0.25) is 0 Å². The third kappa shape index (κ3) is 2.27. The monoisotopic (exact) mass is 223 g/mol. The zero-order chi connectivity index (χ0) is 12.4. The molecule has 0 spiro atoms. The highest BCUT2D eigenvalue weighted by Crippen LogP contribution is 2.45. The summed E-state index contributed by atoms with van der Waals surface area (Å²) in [6, 6.07) is 2.26. The van der Waals surface area contributed by atoms with Crippen LogP contribution in [0.25, 0.3) is 0 Å². The fourth-order valence-electron chi connectivity index (χ4n) is 2.63. The van der Waals surface area contributed by atoms with Gasteiger partial charge in [-0.3, -0.25) is 4.79 Å². The fraction of sp³-hybridized carbons (Fsp3) is 0.846. The van der Waals surface area contributed by atoms with Gasteiger partial charge in [0.15, 0.2) is 5.78 Å². The molecule has 2 unspecified atom stereocenters. The first-order valence-electron chi connectivity index (χ1n) is 5.87. The van der Waals surface area contributed by atoms with E-state index in [-0.39, 0.29) is 17.3 Å². The van der Waals surface area contributed by atoms with Gasteiger partial charge in [-0.05, 0) is 26.2 Å². The Hall–Kier alpha value is -0.880. The molecule has 16 heavy (non-hydrogen) atoms. The Kier molecular flexibility index (Phi) is 3.75. The van der Waals surface area contributed by atoms with Crippen LogP contribution in [0, 0.1) is 22.2 Å². The van der Waals surface area contributed by atoms with E-state index in [9.17, 15) is 10.1 Å². The first-order valence-corrected chi connectivity index (χ1v) is 5.87. The van der Waals surface area contributed by atoms with Crippen molar-refractivity contribution in [2.45, 2.75) is 52.6 Å². The van der Waals surface area contributed by atoms with Gasteiger partial charge in [-0.1, -0.05) is 20.3 Å². The summed E-state index contributed by atoms with van der Waals surface area (Å²) in [5, 5.41) is 9.36. The van der Waals surface area contributed by atoms with Crippen molar-refractivity contribution in [1.82, 2.24) is 0 Å². The maximum Gasteiger partial charge on any atom is 0.158 e. The summed E-state index contributed by atoms with van der Waals surface area (Å²) in [5.41, 5.74) is -1.18. The standard InChI is InChI=1S/C13H21NO2/c1-10(16-4)8-13(9-14)7-5-6-12(2,3)11(13)15/h10H,5-8H2,1-4H3. The molecule has 1 aliphatic rings. The highest BCUT2D eigenvalue weighted by molar-refractivity contribution is 5.92. The lowest BCUT2D eigenvalue weighted by Crippen LogP contribution is -2.45. The molecule has 0 amide bonds. The molecular formula is C13H21NO2. The van der Waals surface area contributed by atoms with Crippen molar-refractivity contribution in [3.8, 4) is 6.07 Å². The third-order valence-electron chi connectivity index (χ3n) is 3.71. The molecule has 1 aliphatic carbocycles. The van der Waals surface area contributed by atoms with Gasteiger partial charge in [0.25, 0.3) is 0 Å². The Morgan fingerprint density at radius 1 is 1.50 bits per heavy atom. The van der Waals surface area contributed by atoms with Crippen LogP contribution in [0.1, 0.15) is 46.5 Å². The molecule has 0 aromatic carbocycles. The summed E-state index contributed by atoms with van der Waals surface area (Å²) in [6.45, 7) is 5.80. The molecular weight excluding hydrogens is 202 g/mol. The number of carbonyl (C=O) groups excluding carboxylic acids is 1. The van der Waals surface area contributed by atoms with Crippen molar-refractivity contribution in [3.05, 3.63) is 0 Å². The number of Topliss-reactive ketones (excluding diaryl/α,β-unsaturated/α-hetero) is 1. The molecule has 0 aromatic rings. The SMILES string of the molecule is COC(C)CC1(C#N)CCCC(C)(C)C1=O. The van der Waals surface area contributed by atoms with E-state index in [1.54, 1.807) is 7.11 Å². The van der Waals surface area contributed by atoms with Crippen LogP contribution in [-0.4, -0.2) is 19.0 Å². The number of nitrogens with zero attached hydrogens (tertiary/aromatic N) is 1. The number of hydrogen-bond acceptors (Lipinski definition) is 3. The fourth-order valence-corrected chi connectivity index (χ4v) is 2.63. The molecule has 1 fully saturated rings. The Bertz CT molecular complexity index is 316. The van der Waals surface area contributed by atoms with Crippen molar-refractivity contribution in [1.29, 1.82) is 5.26 Å². The molecule has 0 radical (unpaired) electrons. The summed E-state index contributed by atoms with van der Waals surface area (Å²) < 4.78 is 5.19. The van der Waals surface area contributed by atoms with Crippen LogP contribution in [-0.2, 0) is 9.53 Å². The van der Waals surface area contributed by atoms with Gasteiger partial charge in [-0.15, -0.1) is 0 Å². The smallest absolute Gasteiger partial charge is 0.158 e. The molecule has 1 rings (SSSR count). The molecule has 0 aromatic heterocycles. The van der Waals surface area contributed by atoms with Gasteiger partial charge in [0, 0.05) is 12.5 Å². The summed E-state index contributed by atoms with van der Waals surface area (Å²) in [6.07, 6.45) is 2.98. The number of rotatable bonds is 3. The number of ether oxygens (including phenoxy) is 1. The molecule has 90 valence electrons. The summed E-state index contributed by atoms with van der Waals surface area (Å²) in [7, 11) is 1.62. The zero-order valence-corrected chi connectivity index (χ0v) is 10.7. The zero-order valence-electron chi connectivity index (χ0n) is 10.7. The molecule has 3 nitrogen and oxygen atoms in total. The van der Waals surface area contributed by atoms with E-state index in [2.05, 4.69) is 6.07 Å². The lowest BCUT2D eigenvalue weighted by Gasteiger charge is -2.39. The second kappa shape index (κ2) is 4.55. The van der Waals surface area contributed by atoms with E-state index in [0.717, 1.165) is 12.8 Å². The van der Waals surface area contributed by atoms with Crippen molar-refractivity contribution in [2.24, 2.45) is 10.8 Å². The third-order valence-corrected chi connectivity index (χ3v) is 3.71. The van der Waals surface area contributed by atoms with Crippen LogP contribution in [0.2, 0.25) is 0 Å². The average molecular weight is 223 g/mol. The largest absolute Gasteiger partial charge is 0.382 e. The summed E-state index contributed by atoms with van der Waals surface area (Å²) in [5.74, 6) is 0.0950.